The van der Waals surface area contributed by atoms with Gasteiger partial charge in [0.05, 0.1) is 18.8 Å². The normalized spacial score (nSPS) is 26.8. The van der Waals surface area contributed by atoms with E-state index in [2.05, 4.69) is 4.98 Å². The number of pyridine rings is 1. The maximum atomic E-state index is 12.5. The number of carbonyl (C=O) groups excluding carboxylic acids is 1. The van der Waals surface area contributed by atoms with Crippen LogP contribution in [0.15, 0.2) is 23.1 Å². The number of ether oxygens (including phenoxy) is 1. The minimum absolute atomic E-state index is 0.134. The van der Waals surface area contributed by atoms with Gasteiger partial charge in [-0.1, -0.05) is 12.8 Å². The van der Waals surface area contributed by atoms with Crippen molar-refractivity contribution in [2.75, 3.05) is 13.2 Å². The molecule has 2 fully saturated rings. The molecule has 5 heteroatoms. The highest BCUT2D eigenvalue weighted by Crippen LogP contribution is 2.29. The third-order valence-corrected chi connectivity index (χ3v) is 4.04. The first-order valence-corrected chi connectivity index (χ1v) is 6.87. The summed E-state index contributed by atoms with van der Waals surface area (Å²) in [5.74, 6) is -0.165. The highest BCUT2D eigenvalue weighted by Gasteiger charge is 2.37. The first-order chi connectivity index (χ1) is 9.27. The number of hydrogen-bond acceptors (Lipinski definition) is 3. The van der Waals surface area contributed by atoms with Crippen LogP contribution < -0.4 is 5.56 Å². The molecule has 2 heterocycles. The third-order valence-electron chi connectivity index (χ3n) is 4.04. The van der Waals surface area contributed by atoms with Crippen LogP contribution in [0, 0.1) is 0 Å². The van der Waals surface area contributed by atoms with Crippen molar-refractivity contribution in [1.82, 2.24) is 9.88 Å². The SMILES string of the molecule is O=C(c1ccc[nH]c1=O)N1CCO[C@H]2CCCC[C@@H]21. The van der Waals surface area contributed by atoms with Crippen molar-refractivity contribution in [2.24, 2.45) is 0 Å². The fourth-order valence-electron chi connectivity index (χ4n) is 3.09. The van der Waals surface area contributed by atoms with Crippen LogP contribution in [0.2, 0.25) is 0 Å². The molecule has 0 aromatic carbocycles. The molecule has 0 bridgehead atoms. The van der Waals surface area contributed by atoms with Crippen molar-refractivity contribution in [3.05, 3.63) is 34.2 Å². The van der Waals surface area contributed by atoms with Crippen LogP contribution in [0.1, 0.15) is 36.0 Å². The van der Waals surface area contributed by atoms with E-state index < -0.39 is 0 Å². The van der Waals surface area contributed by atoms with Crippen LogP contribution in [-0.2, 0) is 4.74 Å². The summed E-state index contributed by atoms with van der Waals surface area (Å²) in [5.41, 5.74) is -0.0833. The summed E-state index contributed by atoms with van der Waals surface area (Å²) in [6.45, 7) is 1.14. The number of morpholine rings is 1. The van der Waals surface area contributed by atoms with E-state index in [0.29, 0.717) is 13.2 Å². The fraction of sp³-hybridized carbons (Fsp3) is 0.571. The van der Waals surface area contributed by atoms with Gasteiger partial charge in [0.1, 0.15) is 5.56 Å². The van der Waals surface area contributed by atoms with Gasteiger partial charge < -0.3 is 14.6 Å². The first kappa shape index (κ1) is 12.4. The minimum atomic E-state index is -0.314. The number of nitrogens with one attached hydrogen (secondary N) is 1. The van der Waals surface area contributed by atoms with Crippen molar-refractivity contribution in [3.63, 3.8) is 0 Å². The average Bonchev–Trinajstić information content (AvgIpc) is 2.46. The molecule has 1 aromatic rings. The number of H-pyrrole nitrogens is 1. The minimum Gasteiger partial charge on any atom is -0.374 e. The van der Waals surface area contributed by atoms with E-state index in [1.165, 1.54) is 0 Å². The number of aromatic amines is 1. The number of hydrogen-bond donors (Lipinski definition) is 1. The zero-order valence-corrected chi connectivity index (χ0v) is 10.8. The molecule has 1 saturated carbocycles. The second kappa shape index (κ2) is 5.17. The second-order valence-corrected chi connectivity index (χ2v) is 5.17. The van der Waals surface area contributed by atoms with Crippen LogP contribution in [-0.4, -0.2) is 41.1 Å². The van der Waals surface area contributed by atoms with E-state index in [1.807, 2.05) is 4.90 Å². The van der Waals surface area contributed by atoms with Crippen molar-refractivity contribution in [3.8, 4) is 0 Å². The lowest BCUT2D eigenvalue weighted by Gasteiger charge is -2.43. The molecule has 19 heavy (non-hydrogen) atoms. The summed E-state index contributed by atoms with van der Waals surface area (Å²) in [4.78, 5) is 28.6. The van der Waals surface area contributed by atoms with Gasteiger partial charge in [-0.05, 0) is 25.0 Å². The van der Waals surface area contributed by atoms with Crippen molar-refractivity contribution >= 4 is 5.91 Å². The molecule has 1 aliphatic carbocycles. The van der Waals surface area contributed by atoms with Gasteiger partial charge in [0.25, 0.3) is 11.5 Å². The molecule has 1 amide bonds. The molecular weight excluding hydrogens is 244 g/mol. The van der Waals surface area contributed by atoms with Crippen LogP contribution in [0.4, 0.5) is 0 Å². The van der Waals surface area contributed by atoms with Gasteiger partial charge in [-0.15, -0.1) is 0 Å². The van der Waals surface area contributed by atoms with Gasteiger partial charge in [-0.3, -0.25) is 9.59 Å². The van der Waals surface area contributed by atoms with E-state index in [1.54, 1.807) is 18.3 Å². The number of fused-ring (bicyclic) bond motifs is 1. The molecule has 1 saturated heterocycles. The van der Waals surface area contributed by atoms with Crippen LogP contribution in [0.5, 0.6) is 0 Å². The summed E-state index contributed by atoms with van der Waals surface area (Å²) in [5, 5.41) is 0. The Morgan fingerprint density at radius 2 is 2.21 bits per heavy atom. The Morgan fingerprint density at radius 3 is 3.05 bits per heavy atom. The topological polar surface area (TPSA) is 62.4 Å². The molecule has 102 valence electrons. The van der Waals surface area contributed by atoms with Gasteiger partial charge >= 0.3 is 0 Å². The maximum Gasteiger partial charge on any atom is 0.260 e. The Bertz CT molecular complexity index is 523. The number of amides is 1. The van der Waals surface area contributed by atoms with Crippen molar-refractivity contribution in [1.29, 1.82) is 0 Å². The summed E-state index contributed by atoms with van der Waals surface area (Å²) < 4.78 is 5.75. The number of rotatable bonds is 1. The zero-order valence-electron chi connectivity index (χ0n) is 10.8. The predicted molar refractivity (Wildman–Crippen MR) is 70.1 cm³/mol. The second-order valence-electron chi connectivity index (χ2n) is 5.17. The van der Waals surface area contributed by atoms with E-state index >= 15 is 0 Å². The van der Waals surface area contributed by atoms with Gasteiger partial charge in [-0.2, -0.15) is 0 Å². The van der Waals surface area contributed by atoms with Crippen molar-refractivity contribution < 1.29 is 9.53 Å². The summed E-state index contributed by atoms with van der Waals surface area (Å²) in [7, 11) is 0. The van der Waals surface area contributed by atoms with E-state index in [9.17, 15) is 9.59 Å². The maximum absolute atomic E-state index is 12.5. The standard InChI is InChI=1S/C14H18N2O3/c17-13-10(4-3-7-15-13)14(18)16-8-9-19-12-6-2-1-5-11(12)16/h3-4,7,11-12H,1-2,5-6,8-9H2,(H,15,17)/t11-,12-/m0/s1. The molecule has 5 nitrogen and oxygen atoms in total. The van der Waals surface area contributed by atoms with Crippen LogP contribution in [0.25, 0.3) is 0 Å². The molecule has 1 aliphatic heterocycles. The Labute approximate surface area is 111 Å². The lowest BCUT2D eigenvalue weighted by atomic mass is 9.90. The lowest BCUT2D eigenvalue weighted by molar-refractivity contribution is -0.0753. The number of carbonyl (C=O) groups is 1. The van der Waals surface area contributed by atoms with Crippen LogP contribution >= 0.6 is 0 Å². The van der Waals surface area contributed by atoms with Gasteiger partial charge in [0, 0.05) is 12.7 Å². The quantitative estimate of drug-likeness (QED) is 0.826. The summed E-state index contributed by atoms with van der Waals surface area (Å²) >= 11 is 0. The molecule has 1 aromatic heterocycles. The van der Waals surface area contributed by atoms with Gasteiger partial charge in [-0.25, -0.2) is 0 Å². The Balaban J connectivity index is 1.86. The molecule has 0 radical (unpaired) electrons. The van der Waals surface area contributed by atoms with Crippen molar-refractivity contribution in [2.45, 2.75) is 37.8 Å². The Hall–Kier alpha value is -1.62. The van der Waals surface area contributed by atoms with Gasteiger partial charge in [0.2, 0.25) is 0 Å². The molecular formula is C14H18N2O3. The predicted octanol–water partition coefficient (Wildman–Crippen LogP) is 1.16. The van der Waals surface area contributed by atoms with Gasteiger partial charge in [0.15, 0.2) is 0 Å². The third kappa shape index (κ3) is 2.30. The molecule has 1 N–H and O–H groups in total. The zero-order chi connectivity index (χ0) is 13.2. The molecule has 2 aliphatic rings. The van der Waals surface area contributed by atoms with E-state index in [0.717, 1.165) is 25.7 Å². The first-order valence-electron chi connectivity index (χ1n) is 6.87. The summed E-state index contributed by atoms with van der Waals surface area (Å²) in [6, 6.07) is 3.41. The highest BCUT2D eigenvalue weighted by molar-refractivity contribution is 5.94. The average molecular weight is 262 g/mol. The van der Waals surface area contributed by atoms with Crippen LogP contribution in [0.3, 0.4) is 0 Å². The largest absolute Gasteiger partial charge is 0.374 e. The fourth-order valence-corrected chi connectivity index (χ4v) is 3.09. The Morgan fingerprint density at radius 1 is 1.37 bits per heavy atom. The monoisotopic (exact) mass is 262 g/mol. The van der Waals surface area contributed by atoms with E-state index in [-0.39, 0.29) is 29.2 Å². The smallest absolute Gasteiger partial charge is 0.260 e. The number of nitrogens with zero attached hydrogens (tertiary/aromatic N) is 1. The molecule has 0 spiro atoms. The molecule has 0 unspecified atom stereocenters. The highest BCUT2D eigenvalue weighted by atomic mass is 16.5. The molecule has 2 atom stereocenters. The lowest BCUT2D eigenvalue weighted by Crippen LogP contribution is -2.55. The number of aromatic nitrogens is 1. The Kier molecular flexibility index (Phi) is 3.38. The molecule has 3 rings (SSSR count). The summed E-state index contributed by atoms with van der Waals surface area (Å²) in [6.07, 6.45) is 5.96. The van der Waals surface area contributed by atoms with E-state index in [4.69, 9.17) is 4.74 Å².